The van der Waals surface area contributed by atoms with Gasteiger partial charge in [-0.1, -0.05) is 31.2 Å². The minimum absolute atomic E-state index is 0.116. The van der Waals surface area contributed by atoms with Crippen LogP contribution < -0.4 is 5.32 Å². The van der Waals surface area contributed by atoms with Crippen LogP contribution in [0.25, 0.3) is 0 Å². The molecule has 0 aliphatic rings. The lowest BCUT2D eigenvalue weighted by Gasteiger charge is -2.05. The van der Waals surface area contributed by atoms with Gasteiger partial charge in [0.1, 0.15) is 0 Å². The molecule has 0 aliphatic heterocycles. The molecule has 1 aromatic carbocycles. The minimum Gasteiger partial charge on any atom is -0.385 e. The Morgan fingerprint density at radius 3 is 2.50 bits per heavy atom. The molecule has 1 N–H and O–H groups in total. The van der Waals surface area contributed by atoms with Gasteiger partial charge in [-0.2, -0.15) is 0 Å². The van der Waals surface area contributed by atoms with Gasteiger partial charge in [-0.05, 0) is 30.4 Å². The third kappa shape index (κ3) is 5.82. The zero-order valence-electron chi connectivity index (χ0n) is 11.4. The molecule has 0 aliphatic carbocycles. The minimum atomic E-state index is 0.116. The second-order valence-electron chi connectivity index (χ2n) is 4.37. The number of aryl methyl sites for hydroxylation is 2. The Balaban J connectivity index is 2.20. The van der Waals surface area contributed by atoms with E-state index >= 15 is 0 Å². The first-order valence-corrected chi connectivity index (χ1v) is 6.59. The van der Waals surface area contributed by atoms with E-state index in [9.17, 15) is 4.79 Å². The normalized spacial score (nSPS) is 10.3. The molecule has 0 spiro atoms. The average molecular weight is 249 g/mol. The molecular formula is C15H23NO2. The average Bonchev–Trinajstić information content (AvgIpc) is 2.42. The van der Waals surface area contributed by atoms with Gasteiger partial charge in [-0.15, -0.1) is 0 Å². The molecule has 3 nitrogen and oxygen atoms in total. The Kier molecular flexibility index (Phi) is 7.11. The van der Waals surface area contributed by atoms with Crippen molar-refractivity contribution in [3.8, 4) is 0 Å². The van der Waals surface area contributed by atoms with Gasteiger partial charge < -0.3 is 10.1 Å². The van der Waals surface area contributed by atoms with E-state index in [-0.39, 0.29) is 5.91 Å². The number of benzene rings is 1. The van der Waals surface area contributed by atoms with Crippen molar-refractivity contribution >= 4 is 5.91 Å². The van der Waals surface area contributed by atoms with E-state index in [1.807, 2.05) is 0 Å². The Bertz CT molecular complexity index is 346. The fraction of sp³-hybridized carbons (Fsp3) is 0.533. The van der Waals surface area contributed by atoms with E-state index in [1.165, 1.54) is 11.1 Å². The van der Waals surface area contributed by atoms with Crippen molar-refractivity contribution in [2.75, 3.05) is 20.3 Å². The molecule has 0 bridgehead atoms. The summed E-state index contributed by atoms with van der Waals surface area (Å²) in [6, 6.07) is 8.48. The maximum atomic E-state index is 11.6. The summed E-state index contributed by atoms with van der Waals surface area (Å²) in [6.07, 6.45) is 3.28. The van der Waals surface area contributed by atoms with Crippen molar-refractivity contribution in [2.45, 2.75) is 32.6 Å². The number of nitrogens with one attached hydrogen (secondary N) is 1. The van der Waals surface area contributed by atoms with E-state index in [0.29, 0.717) is 19.6 Å². The molecule has 3 heteroatoms. The summed E-state index contributed by atoms with van der Waals surface area (Å²) in [7, 11) is 1.67. The maximum absolute atomic E-state index is 11.6. The first-order chi connectivity index (χ1) is 8.76. The number of carbonyl (C=O) groups excluding carboxylic acids is 1. The number of methoxy groups -OCH3 is 1. The zero-order chi connectivity index (χ0) is 13.2. The van der Waals surface area contributed by atoms with Crippen LogP contribution in [0.4, 0.5) is 0 Å². The van der Waals surface area contributed by atoms with Crippen molar-refractivity contribution in [3.05, 3.63) is 35.4 Å². The van der Waals surface area contributed by atoms with Crippen LogP contribution >= 0.6 is 0 Å². The molecule has 0 heterocycles. The van der Waals surface area contributed by atoms with Crippen LogP contribution in [-0.2, 0) is 22.4 Å². The fourth-order valence-electron chi connectivity index (χ4n) is 1.73. The van der Waals surface area contributed by atoms with Crippen molar-refractivity contribution in [1.82, 2.24) is 5.32 Å². The highest BCUT2D eigenvalue weighted by Gasteiger charge is 2.01. The Hall–Kier alpha value is -1.35. The molecule has 1 amide bonds. The summed E-state index contributed by atoms with van der Waals surface area (Å²) in [5.74, 6) is 0.116. The van der Waals surface area contributed by atoms with Gasteiger partial charge >= 0.3 is 0 Å². The van der Waals surface area contributed by atoms with Crippen LogP contribution in [-0.4, -0.2) is 26.2 Å². The van der Waals surface area contributed by atoms with Gasteiger partial charge in [-0.25, -0.2) is 0 Å². The lowest BCUT2D eigenvalue weighted by Crippen LogP contribution is -2.25. The third-order valence-corrected chi connectivity index (χ3v) is 2.92. The Morgan fingerprint density at radius 1 is 1.22 bits per heavy atom. The molecule has 100 valence electrons. The van der Waals surface area contributed by atoms with E-state index in [2.05, 4.69) is 36.5 Å². The molecule has 18 heavy (non-hydrogen) atoms. The predicted molar refractivity (Wildman–Crippen MR) is 73.6 cm³/mol. The highest BCUT2D eigenvalue weighted by molar-refractivity contribution is 5.76. The van der Waals surface area contributed by atoms with Crippen LogP contribution in [0.15, 0.2) is 24.3 Å². The number of amides is 1. The maximum Gasteiger partial charge on any atom is 0.220 e. The number of hydrogen-bond donors (Lipinski definition) is 1. The van der Waals surface area contributed by atoms with Crippen LogP contribution in [0.5, 0.6) is 0 Å². The number of hydrogen-bond acceptors (Lipinski definition) is 2. The highest BCUT2D eigenvalue weighted by atomic mass is 16.5. The number of rotatable bonds is 8. The molecule has 0 radical (unpaired) electrons. The van der Waals surface area contributed by atoms with E-state index in [1.54, 1.807) is 7.11 Å². The monoisotopic (exact) mass is 249 g/mol. The molecular weight excluding hydrogens is 226 g/mol. The molecule has 0 aromatic heterocycles. The molecule has 0 atom stereocenters. The molecule has 1 aromatic rings. The van der Waals surface area contributed by atoms with Crippen LogP contribution in [0.3, 0.4) is 0 Å². The topological polar surface area (TPSA) is 38.3 Å². The summed E-state index contributed by atoms with van der Waals surface area (Å²) in [5.41, 5.74) is 2.56. The lowest BCUT2D eigenvalue weighted by molar-refractivity contribution is -0.121. The summed E-state index contributed by atoms with van der Waals surface area (Å²) in [5, 5.41) is 2.89. The molecule has 1 rings (SSSR count). The molecule has 0 saturated heterocycles. The number of carbonyl (C=O) groups is 1. The van der Waals surface area contributed by atoms with Gasteiger partial charge in [0.05, 0.1) is 0 Å². The van der Waals surface area contributed by atoms with Crippen LogP contribution in [0.1, 0.15) is 30.9 Å². The second-order valence-corrected chi connectivity index (χ2v) is 4.37. The van der Waals surface area contributed by atoms with Crippen molar-refractivity contribution in [2.24, 2.45) is 0 Å². The van der Waals surface area contributed by atoms with Gasteiger partial charge in [0.2, 0.25) is 5.91 Å². The second kappa shape index (κ2) is 8.70. The fourth-order valence-corrected chi connectivity index (χ4v) is 1.73. The molecule has 0 saturated carbocycles. The number of ether oxygens (including phenoxy) is 1. The first-order valence-electron chi connectivity index (χ1n) is 6.59. The lowest BCUT2D eigenvalue weighted by atomic mass is 10.1. The predicted octanol–water partition coefficient (Wildman–Crippen LogP) is 2.33. The summed E-state index contributed by atoms with van der Waals surface area (Å²) >= 11 is 0. The van der Waals surface area contributed by atoms with Crippen molar-refractivity contribution < 1.29 is 9.53 Å². The van der Waals surface area contributed by atoms with E-state index in [4.69, 9.17) is 4.74 Å². The smallest absolute Gasteiger partial charge is 0.220 e. The van der Waals surface area contributed by atoms with E-state index in [0.717, 1.165) is 19.3 Å². The van der Waals surface area contributed by atoms with Gasteiger partial charge in [0.15, 0.2) is 0 Å². The van der Waals surface area contributed by atoms with Gasteiger partial charge in [0.25, 0.3) is 0 Å². The largest absolute Gasteiger partial charge is 0.385 e. The van der Waals surface area contributed by atoms with Gasteiger partial charge in [-0.3, -0.25) is 4.79 Å². The summed E-state index contributed by atoms with van der Waals surface area (Å²) < 4.78 is 4.92. The SMILES string of the molecule is CCc1ccc(CCC(=O)NCCCOC)cc1. The highest BCUT2D eigenvalue weighted by Crippen LogP contribution is 2.07. The zero-order valence-corrected chi connectivity index (χ0v) is 11.4. The third-order valence-electron chi connectivity index (χ3n) is 2.92. The molecule has 0 fully saturated rings. The van der Waals surface area contributed by atoms with Crippen LogP contribution in [0, 0.1) is 0 Å². The Morgan fingerprint density at radius 2 is 1.89 bits per heavy atom. The van der Waals surface area contributed by atoms with Crippen molar-refractivity contribution in [3.63, 3.8) is 0 Å². The van der Waals surface area contributed by atoms with Crippen LogP contribution in [0.2, 0.25) is 0 Å². The first kappa shape index (κ1) is 14.7. The van der Waals surface area contributed by atoms with Gasteiger partial charge in [0, 0.05) is 26.7 Å². The molecule has 0 unspecified atom stereocenters. The quantitative estimate of drug-likeness (QED) is 0.718. The Labute approximate surface area is 110 Å². The van der Waals surface area contributed by atoms with E-state index < -0.39 is 0 Å². The summed E-state index contributed by atoms with van der Waals surface area (Å²) in [4.78, 5) is 11.6. The summed E-state index contributed by atoms with van der Waals surface area (Å²) in [6.45, 7) is 3.53. The van der Waals surface area contributed by atoms with Crippen molar-refractivity contribution in [1.29, 1.82) is 0 Å². The standard InChI is InChI=1S/C15H23NO2/c1-3-13-5-7-14(8-6-13)9-10-15(17)16-11-4-12-18-2/h5-8H,3-4,9-12H2,1-2H3,(H,16,17).